The molecule has 0 aromatic rings. The molecule has 3 unspecified atom stereocenters. The van der Waals surface area contributed by atoms with E-state index in [-0.39, 0.29) is 0 Å². The first-order valence-electron chi connectivity index (χ1n) is 5.43. The Balaban J connectivity index is 5.23. The number of carboxylic acids is 3. The van der Waals surface area contributed by atoms with Crippen LogP contribution in [0.4, 0.5) is 0 Å². The summed E-state index contributed by atoms with van der Waals surface area (Å²) in [6, 6.07) is 0. The number of carboxylic acid groups (broad SMARTS) is 3. The maximum atomic E-state index is 11.5. The van der Waals surface area contributed by atoms with Gasteiger partial charge >= 0.3 is 23.9 Å². The molecule has 11 nitrogen and oxygen atoms in total. The molecule has 0 aliphatic carbocycles. The molecule has 6 N–H and O–H groups in total. The molecule has 0 amide bonds. The minimum Gasteiger partial charge on any atom is -0.481 e. The number of esters is 1. The maximum Gasteiger partial charge on any atom is 0.348 e. The van der Waals surface area contributed by atoms with Gasteiger partial charge in [0.05, 0.1) is 6.10 Å². The summed E-state index contributed by atoms with van der Waals surface area (Å²) >= 11 is 0. The number of hydrogen-bond donors (Lipinski definition) is 6. The van der Waals surface area contributed by atoms with Crippen molar-refractivity contribution >= 4 is 23.9 Å². The van der Waals surface area contributed by atoms with E-state index in [4.69, 9.17) is 25.5 Å². The summed E-state index contributed by atoms with van der Waals surface area (Å²) in [5.74, 6) is -10.1. The van der Waals surface area contributed by atoms with E-state index in [1.807, 2.05) is 0 Å². The lowest BCUT2D eigenvalue weighted by Crippen LogP contribution is -2.48. The van der Waals surface area contributed by atoms with Crippen LogP contribution in [0.2, 0.25) is 0 Å². The second-order valence-electron chi connectivity index (χ2n) is 4.03. The topological polar surface area (TPSA) is 199 Å². The van der Waals surface area contributed by atoms with E-state index in [0.29, 0.717) is 0 Å². The number of carbonyl (C=O) groups is 4. The maximum absolute atomic E-state index is 11.5. The number of hydrogen-bond acceptors (Lipinski definition) is 8. The Kier molecular flexibility index (Phi) is 6.72. The highest BCUT2D eigenvalue weighted by atomic mass is 16.6. The third-order valence-electron chi connectivity index (χ3n) is 2.38. The van der Waals surface area contributed by atoms with Crippen molar-refractivity contribution in [3.05, 3.63) is 0 Å². The Hall–Kier alpha value is -2.24. The predicted molar refractivity (Wildman–Crippen MR) is 60.0 cm³/mol. The van der Waals surface area contributed by atoms with Crippen molar-refractivity contribution in [2.75, 3.05) is 0 Å². The first-order chi connectivity index (χ1) is 9.50. The molecule has 0 heterocycles. The zero-order valence-corrected chi connectivity index (χ0v) is 10.6. The highest BCUT2D eigenvalue weighted by Gasteiger charge is 2.43. The van der Waals surface area contributed by atoms with E-state index < -0.39 is 54.2 Å². The summed E-state index contributed by atoms with van der Waals surface area (Å²) in [4.78, 5) is 43.6. The number of rotatable bonds is 8. The predicted octanol–water partition coefficient (Wildman–Crippen LogP) is -3.13. The lowest BCUT2D eigenvalue weighted by atomic mass is 9.98. The quantitative estimate of drug-likeness (QED) is 0.195. The van der Waals surface area contributed by atoms with Crippen LogP contribution in [0.5, 0.6) is 0 Å². The summed E-state index contributed by atoms with van der Waals surface area (Å²) < 4.78 is 4.11. The summed E-state index contributed by atoms with van der Waals surface area (Å²) in [6.45, 7) is 0.967. The molecule has 0 rings (SSSR count). The Labute approximate surface area is 117 Å². The van der Waals surface area contributed by atoms with Gasteiger partial charge in [-0.1, -0.05) is 0 Å². The van der Waals surface area contributed by atoms with E-state index in [9.17, 15) is 24.3 Å². The summed E-state index contributed by atoms with van der Waals surface area (Å²) in [6.07, 6.45) is -8.99. The zero-order chi connectivity index (χ0) is 16.9. The monoisotopic (exact) mass is 310 g/mol. The van der Waals surface area contributed by atoms with Crippen LogP contribution in [0.25, 0.3) is 0 Å². The Morgan fingerprint density at radius 1 is 0.857 bits per heavy atom. The molecule has 120 valence electrons. The highest BCUT2D eigenvalue weighted by molar-refractivity contribution is 5.96. The summed E-state index contributed by atoms with van der Waals surface area (Å²) in [5, 5.41) is 53.3. The molecule has 21 heavy (non-hydrogen) atoms. The SMILES string of the molecule is C[C@@H](O)[C@H](O)C(C(=O)O)C(=O)OC(C(=O)O)C(O)C(=O)O. The lowest BCUT2D eigenvalue weighted by Gasteiger charge is -2.23. The minimum atomic E-state index is -2.63. The van der Waals surface area contributed by atoms with Crippen LogP contribution >= 0.6 is 0 Å². The van der Waals surface area contributed by atoms with E-state index >= 15 is 0 Å². The van der Waals surface area contributed by atoms with Gasteiger partial charge in [0.1, 0.15) is 6.10 Å². The van der Waals surface area contributed by atoms with Crippen LogP contribution in [-0.2, 0) is 23.9 Å². The first-order valence-corrected chi connectivity index (χ1v) is 5.43. The number of aliphatic hydroxyl groups excluding tert-OH is 3. The van der Waals surface area contributed by atoms with Crippen molar-refractivity contribution in [3.63, 3.8) is 0 Å². The van der Waals surface area contributed by atoms with Crippen molar-refractivity contribution in [1.82, 2.24) is 0 Å². The minimum absolute atomic E-state index is 0.967. The first kappa shape index (κ1) is 18.8. The fourth-order valence-corrected chi connectivity index (χ4v) is 1.24. The number of aliphatic hydroxyl groups is 3. The molecule has 0 aliphatic heterocycles. The average molecular weight is 310 g/mol. The third kappa shape index (κ3) is 4.98. The Morgan fingerprint density at radius 2 is 1.33 bits per heavy atom. The molecule has 0 aromatic heterocycles. The van der Waals surface area contributed by atoms with Gasteiger partial charge in [0.15, 0.2) is 12.0 Å². The molecular formula is C10H14O11. The molecule has 0 saturated heterocycles. The van der Waals surface area contributed by atoms with Crippen molar-refractivity contribution < 1.29 is 54.6 Å². The highest BCUT2D eigenvalue weighted by Crippen LogP contribution is 2.14. The molecule has 0 radical (unpaired) electrons. The molecule has 0 bridgehead atoms. The van der Waals surface area contributed by atoms with Crippen molar-refractivity contribution in [3.8, 4) is 0 Å². The van der Waals surface area contributed by atoms with Gasteiger partial charge in [0, 0.05) is 0 Å². The molecule has 0 spiro atoms. The fourth-order valence-electron chi connectivity index (χ4n) is 1.24. The second-order valence-corrected chi connectivity index (χ2v) is 4.03. The normalized spacial score (nSPS) is 17.9. The smallest absolute Gasteiger partial charge is 0.348 e. The van der Waals surface area contributed by atoms with Gasteiger partial charge in [0.25, 0.3) is 0 Å². The van der Waals surface area contributed by atoms with Crippen LogP contribution < -0.4 is 0 Å². The van der Waals surface area contributed by atoms with Crippen LogP contribution in [0.3, 0.4) is 0 Å². The molecule has 0 aliphatic rings. The Bertz CT molecular complexity index is 429. The molecule has 0 saturated carbocycles. The van der Waals surface area contributed by atoms with Crippen LogP contribution in [0, 0.1) is 5.92 Å². The zero-order valence-electron chi connectivity index (χ0n) is 10.6. The number of ether oxygens (including phenoxy) is 1. The van der Waals surface area contributed by atoms with Gasteiger partial charge in [-0.2, -0.15) is 0 Å². The van der Waals surface area contributed by atoms with Gasteiger partial charge in [-0.25, -0.2) is 9.59 Å². The Morgan fingerprint density at radius 3 is 1.62 bits per heavy atom. The molecule has 11 heteroatoms. The molecular weight excluding hydrogens is 296 g/mol. The summed E-state index contributed by atoms with van der Waals surface area (Å²) in [7, 11) is 0. The summed E-state index contributed by atoms with van der Waals surface area (Å²) in [5.41, 5.74) is 0. The van der Waals surface area contributed by atoms with Gasteiger partial charge in [-0.3, -0.25) is 9.59 Å². The van der Waals surface area contributed by atoms with Gasteiger partial charge in [0.2, 0.25) is 6.10 Å². The van der Waals surface area contributed by atoms with Gasteiger partial charge in [-0.05, 0) is 6.92 Å². The standard InChI is InChI=1S/C10H14O11/c1-2(11)4(12)3(7(14)15)10(20)21-6(9(18)19)5(13)8(16)17/h2-6,11-13H,1H3,(H,14,15)(H,16,17)(H,18,19)/t2-,3?,4+,5?,6?/m1/s1. The van der Waals surface area contributed by atoms with Crippen molar-refractivity contribution in [2.45, 2.75) is 31.3 Å². The van der Waals surface area contributed by atoms with Crippen LogP contribution in [0.1, 0.15) is 6.92 Å². The van der Waals surface area contributed by atoms with Gasteiger partial charge in [-0.15, -0.1) is 0 Å². The van der Waals surface area contributed by atoms with Crippen molar-refractivity contribution in [1.29, 1.82) is 0 Å². The van der Waals surface area contributed by atoms with E-state index in [1.54, 1.807) is 0 Å². The second kappa shape index (κ2) is 7.52. The van der Waals surface area contributed by atoms with Crippen LogP contribution in [-0.4, -0.2) is 78.9 Å². The van der Waals surface area contributed by atoms with E-state index in [1.165, 1.54) is 0 Å². The number of aliphatic carboxylic acids is 3. The number of carbonyl (C=O) groups excluding carboxylic acids is 1. The molecule has 0 aromatic carbocycles. The van der Waals surface area contributed by atoms with Gasteiger partial charge < -0.3 is 35.4 Å². The lowest BCUT2D eigenvalue weighted by molar-refractivity contribution is -0.186. The largest absolute Gasteiger partial charge is 0.481 e. The average Bonchev–Trinajstić information content (AvgIpc) is 2.33. The molecule has 0 fully saturated rings. The fraction of sp³-hybridized carbons (Fsp3) is 0.600. The third-order valence-corrected chi connectivity index (χ3v) is 2.38. The van der Waals surface area contributed by atoms with Crippen LogP contribution in [0.15, 0.2) is 0 Å². The van der Waals surface area contributed by atoms with E-state index in [2.05, 4.69) is 4.74 Å². The van der Waals surface area contributed by atoms with Crippen molar-refractivity contribution in [2.24, 2.45) is 5.92 Å². The molecule has 5 atom stereocenters. The van der Waals surface area contributed by atoms with E-state index in [0.717, 1.165) is 6.92 Å².